The molecule has 0 aliphatic heterocycles. The maximum Gasteiger partial charge on any atom is 0.249 e. The Morgan fingerprint density at radius 3 is 2.52 bits per heavy atom. The lowest BCUT2D eigenvalue weighted by Crippen LogP contribution is -2.24. The van der Waals surface area contributed by atoms with Gasteiger partial charge in [-0.05, 0) is 37.3 Å². The fourth-order valence-electron chi connectivity index (χ4n) is 3.48. The van der Waals surface area contributed by atoms with Crippen molar-refractivity contribution >= 4 is 34.1 Å². The number of methoxy groups -OCH3 is 2. The molecule has 0 spiro atoms. The second-order valence-electron chi connectivity index (χ2n) is 7.05. The number of halogens is 1. The SMILES string of the molecule is COc1ccc(OC)c(NC(=O)[C@H](C)n2nc(-c3ccccc3)c3cc(Cl)ccc32)c1. The predicted molar refractivity (Wildman–Crippen MR) is 123 cm³/mol. The molecule has 1 aromatic heterocycles. The van der Waals surface area contributed by atoms with E-state index in [0.29, 0.717) is 22.2 Å². The summed E-state index contributed by atoms with van der Waals surface area (Å²) in [4.78, 5) is 13.1. The largest absolute Gasteiger partial charge is 0.497 e. The molecule has 4 rings (SSSR count). The van der Waals surface area contributed by atoms with Gasteiger partial charge in [0.1, 0.15) is 23.2 Å². The summed E-state index contributed by atoms with van der Waals surface area (Å²) in [6.07, 6.45) is 0. The van der Waals surface area contributed by atoms with E-state index in [0.717, 1.165) is 22.2 Å². The van der Waals surface area contributed by atoms with Crippen molar-refractivity contribution in [2.45, 2.75) is 13.0 Å². The number of carbonyl (C=O) groups is 1. The van der Waals surface area contributed by atoms with Crippen LogP contribution < -0.4 is 14.8 Å². The topological polar surface area (TPSA) is 65.4 Å². The molecule has 158 valence electrons. The van der Waals surface area contributed by atoms with Crippen LogP contribution in [-0.2, 0) is 4.79 Å². The van der Waals surface area contributed by atoms with Crippen LogP contribution in [0.4, 0.5) is 5.69 Å². The van der Waals surface area contributed by atoms with Gasteiger partial charge in [0.2, 0.25) is 5.91 Å². The third-order valence-corrected chi connectivity index (χ3v) is 5.36. The Morgan fingerprint density at radius 1 is 1.03 bits per heavy atom. The normalized spacial score (nSPS) is 11.9. The first-order valence-corrected chi connectivity index (χ1v) is 10.2. The Morgan fingerprint density at radius 2 is 1.81 bits per heavy atom. The average molecular weight is 436 g/mol. The van der Waals surface area contributed by atoms with Gasteiger partial charge >= 0.3 is 0 Å². The minimum atomic E-state index is -0.586. The first-order chi connectivity index (χ1) is 15.0. The van der Waals surface area contributed by atoms with E-state index >= 15 is 0 Å². The lowest BCUT2D eigenvalue weighted by molar-refractivity contribution is -0.119. The van der Waals surface area contributed by atoms with E-state index in [4.69, 9.17) is 26.2 Å². The van der Waals surface area contributed by atoms with Crippen LogP contribution in [0.1, 0.15) is 13.0 Å². The van der Waals surface area contributed by atoms with Gasteiger partial charge in [0.15, 0.2) is 0 Å². The molecule has 0 aliphatic carbocycles. The third kappa shape index (κ3) is 4.07. The van der Waals surface area contributed by atoms with E-state index in [1.165, 1.54) is 0 Å². The molecule has 0 fully saturated rings. The Balaban J connectivity index is 1.73. The van der Waals surface area contributed by atoms with Gasteiger partial charge < -0.3 is 14.8 Å². The molecular weight excluding hydrogens is 414 g/mol. The summed E-state index contributed by atoms with van der Waals surface area (Å²) in [6.45, 7) is 1.80. The Bertz CT molecular complexity index is 1240. The monoisotopic (exact) mass is 435 g/mol. The Hall–Kier alpha value is -3.51. The van der Waals surface area contributed by atoms with Crippen molar-refractivity contribution in [1.29, 1.82) is 0 Å². The summed E-state index contributed by atoms with van der Waals surface area (Å²) in [6, 6.07) is 20.0. The third-order valence-electron chi connectivity index (χ3n) is 5.13. The van der Waals surface area contributed by atoms with Crippen LogP contribution in [0.5, 0.6) is 11.5 Å². The molecule has 3 aromatic carbocycles. The molecule has 0 saturated heterocycles. The number of hydrogen-bond donors (Lipinski definition) is 1. The molecule has 1 amide bonds. The quantitative estimate of drug-likeness (QED) is 0.429. The first-order valence-electron chi connectivity index (χ1n) is 9.78. The van der Waals surface area contributed by atoms with Gasteiger partial charge in [-0.3, -0.25) is 9.48 Å². The van der Waals surface area contributed by atoms with Crippen LogP contribution in [0.2, 0.25) is 5.02 Å². The second-order valence-corrected chi connectivity index (χ2v) is 7.49. The van der Waals surface area contributed by atoms with Crippen molar-refractivity contribution < 1.29 is 14.3 Å². The van der Waals surface area contributed by atoms with Crippen LogP contribution in [0.25, 0.3) is 22.2 Å². The van der Waals surface area contributed by atoms with Crippen molar-refractivity contribution in [2.24, 2.45) is 0 Å². The zero-order valence-corrected chi connectivity index (χ0v) is 18.2. The number of anilines is 1. The number of nitrogens with one attached hydrogen (secondary N) is 1. The molecule has 0 aliphatic rings. The molecule has 1 N–H and O–H groups in total. The Kier molecular flexibility index (Phi) is 5.82. The van der Waals surface area contributed by atoms with Crippen molar-refractivity contribution in [3.05, 3.63) is 71.8 Å². The molecule has 1 heterocycles. The number of fused-ring (bicyclic) bond motifs is 1. The van der Waals surface area contributed by atoms with Crippen molar-refractivity contribution in [3.63, 3.8) is 0 Å². The van der Waals surface area contributed by atoms with Crippen LogP contribution in [0.15, 0.2) is 66.7 Å². The second kappa shape index (κ2) is 8.70. The van der Waals surface area contributed by atoms with E-state index in [2.05, 4.69) is 5.32 Å². The summed E-state index contributed by atoms with van der Waals surface area (Å²) >= 11 is 6.26. The summed E-state index contributed by atoms with van der Waals surface area (Å²) in [5.74, 6) is 0.934. The predicted octanol–water partition coefficient (Wildman–Crippen LogP) is 5.57. The van der Waals surface area contributed by atoms with E-state index < -0.39 is 6.04 Å². The van der Waals surface area contributed by atoms with E-state index in [-0.39, 0.29) is 5.91 Å². The highest BCUT2D eigenvalue weighted by Crippen LogP contribution is 2.33. The number of amides is 1. The zero-order valence-electron chi connectivity index (χ0n) is 17.4. The molecule has 7 heteroatoms. The minimum absolute atomic E-state index is 0.231. The number of ether oxygens (including phenoxy) is 2. The standard InChI is InChI=1S/C24H22ClN3O3/c1-15(24(29)26-20-14-18(30-2)10-12-22(20)31-3)28-21-11-9-17(25)13-19(21)23(27-28)16-7-5-4-6-8-16/h4-15H,1-3H3,(H,26,29)/t15-/m0/s1. The molecule has 1 atom stereocenters. The van der Waals surface area contributed by atoms with Gasteiger partial charge in [0, 0.05) is 22.0 Å². The smallest absolute Gasteiger partial charge is 0.249 e. The van der Waals surface area contributed by atoms with E-state index in [9.17, 15) is 4.79 Å². The van der Waals surface area contributed by atoms with Gasteiger partial charge in [-0.25, -0.2) is 0 Å². The Labute approximate surface area is 185 Å². The fraction of sp³-hybridized carbons (Fsp3) is 0.167. The van der Waals surface area contributed by atoms with E-state index in [1.54, 1.807) is 50.1 Å². The lowest BCUT2D eigenvalue weighted by Gasteiger charge is -2.16. The highest BCUT2D eigenvalue weighted by molar-refractivity contribution is 6.31. The molecule has 31 heavy (non-hydrogen) atoms. The maximum absolute atomic E-state index is 13.1. The first kappa shape index (κ1) is 20.8. The van der Waals surface area contributed by atoms with Crippen molar-refractivity contribution in [3.8, 4) is 22.8 Å². The summed E-state index contributed by atoms with van der Waals surface area (Å²) < 4.78 is 12.4. The van der Waals surface area contributed by atoms with Crippen LogP contribution in [0, 0.1) is 0 Å². The molecule has 0 saturated carbocycles. The zero-order chi connectivity index (χ0) is 22.0. The molecular formula is C24H22ClN3O3. The highest BCUT2D eigenvalue weighted by atomic mass is 35.5. The van der Waals surface area contributed by atoms with Crippen molar-refractivity contribution in [1.82, 2.24) is 9.78 Å². The number of nitrogens with zero attached hydrogens (tertiary/aromatic N) is 2. The van der Waals surface area contributed by atoms with Gasteiger partial charge in [0.25, 0.3) is 0 Å². The summed E-state index contributed by atoms with van der Waals surface area (Å²) in [5.41, 5.74) is 3.08. The van der Waals surface area contributed by atoms with Gasteiger partial charge in [-0.2, -0.15) is 5.10 Å². The van der Waals surface area contributed by atoms with Gasteiger partial charge in [-0.1, -0.05) is 41.9 Å². The fourth-order valence-corrected chi connectivity index (χ4v) is 3.65. The minimum Gasteiger partial charge on any atom is -0.497 e. The van der Waals surface area contributed by atoms with Crippen LogP contribution in [-0.4, -0.2) is 29.9 Å². The number of carbonyl (C=O) groups excluding carboxylic acids is 1. The molecule has 4 aromatic rings. The molecule has 0 radical (unpaired) electrons. The average Bonchev–Trinajstić information content (AvgIpc) is 3.17. The molecule has 6 nitrogen and oxygen atoms in total. The van der Waals surface area contributed by atoms with Gasteiger partial charge in [-0.15, -0.1) is 0 Å². The summed E-state index contributed by atoms with van der Waals surface area (Å²) in [5, 5.41) is 9.21. The van der Waals surface area contributed by atoms with Crippen molar-refractivity contribution in [2.75, 3.05) is 19.5 Å². The number of aromatic nitrogens is 2. The maximum atomic E-state index is 13.1. The van der Waals surface area contributed by atoms with Crippen LogP contribution >= 0.6 is 11.6 Å². The number of benzene rings is 3. The lowest BCUT2D eigenvalue weighted by atomic mass is 10.1. The number of hydrogen-bond acceptors (Lipinski definition) is 4. The summed E-state index contributed by atoms with van der Waals surface area (Å²) in [7, 11) is 3.12. The molecule has 0 bridgehead atoms. The van der Waals surface area contributed by atoms with Gasteiger partial charge in [0.05, 0.1) is 25.4 Å². The highest BCUT2D eigenvalue weighted by Gasteiger charge is 2.22. The van der Waals surface area contributed by atoms with Crippen LogP contribution in [0.3, 0.4) is 0 Å². The molecule has 0 unspecified atom stereocenters. The van der Waals surface area contributed by atoms with E-state index in [1.807, 2.05) is 42.5 Å². The number of rotatable bonds is 6.